The van der Waals surface area contributed by atoms with Crippen molar-refractivity contribution in [2.75, 3.05) is 22.6 Å². The predicted molar refractivity (Wildman–Crippen MR) is 137 cm³/mol. The number of imide groups is 1. The van der Waals surface area contributed by atoms with Crippen LogP contribution in [0.1, 0.15) is 26.3 Å². The number of anilines is 3. The fraction of sp³-hybridized carbons (Fsp3) is 0.0769. The first kappa shape index (κ1) is 25.0. The zero-order valence-electron chi connectivity index (χ0n) is 19.1. The molecule has 4 rings (SSSR count). The maximum Gasteiger partial charge on any atom is 0.337 e. The largest absolute Gasteiger partial charge is 0.465 e. The average Bonchev–Trinajstić information content (AvgIpc) is 3.07. The molecule has 0 saturated heterocycles. The van der Waals surface area contributed by atoms with E-state index in [9.17, 15) is 19.2 Å². The quantitative estimate of drug-likeness (QED) is 0.343. The van der Waals surface area contributed by atoms with E-state index in [4.69, 9.17) is 27.9 Å². The molecular formula is C26H19Cl2N3O5. The van der Waals surface area contributed by atoms with Gasteiger partial charge >= 0.3 is 5.97 Å². The lowest BCUT2D eigenvalue weighted by Crippen LogP contribution is -2.32. The van der Waals surface area contributed by atoms with Crippen LogP contribution in [0.3, 0.4) is 0 Å². The number of benzene rings is 3. The van der Waals surface area contributed by atoms with Crippen molar-refractivity contribution < 1.29 is 23.9 Å². The molecule has 0 saturated carbocycles. The van der Waals surface area contributed by atoms with E-state index in [1.165, 1.54) is 25.3 Å². The lowest BCUT2D eigenvalue weighted by atomic mass is 10.1. The second-order valence-electron chi connectivity index (χ2n) is 7.80. The highest BCUT2D eigenvalue weighted by Crippen LogP contribution is 2.32. The summed E-state index contributed by atoms with van der Waals surface area (Å²) in [5.41, 5.74) is 2.24. The van der Waals surface area contributed by atoms with Gasteiger partial charge < -0.3 is 15.4 Å². The Balaban J connectivity index is 1.57. The highest BCUT2D eigenvalue weighted by atomic mass is 35.5. The standard InChI is InChI=1S/C26H19Cl2N3O5/c1-14-9-10-15(23(32)29-18-7-3-5-16(11-18)26(35)36-2)12-20(14)30-22-21(28)24(33)31(25(22)34)19-8-4-6-17(27)13-19/h3-13,30H,1-2H3,(H,29,32). The number of amides is 3. The van der Waals surface area contributed by atoms with Crippen molar-refractivity contribution in [3.63, 3.8) is 0 Å². The minimum Gasteiger partial charge on any atom is -0.465 e. The van der Waals surface area contributed by atoms with E-state index in [0.717, 1.165) is 4.90 Å². The molecule has 3 aromatic carbocycles. The third-order valence-electron chi connectivity index (χ3n) is 5.39. The number of aryl methyl sites for hydroxylation is 1. The van der Waals surface area contributed by atoms with Crippen LogP contribution in [0, 0.1) is 6.92 Å². The lowest BCUT2D eigenvalue weighted by molar-refractivity contribution is -0.120. The van der Waals surface area contributed by atoms with Gasteiger partial charge in [0.15, 0.2) is 0 Å². The summed E-state index contributed by atoms with van der Waals surface area (Å²) in [6, 6.07) is 17.4. The molecule has 0 spiro atoms. The highest BCUT2D eigenvalue weighted by Gasteiger charge is 2.39. The molecule has 1 aliphatic rings. The molecule has 0 unspecified atom stereocenters. The first-order chi connectivity index (χ1) is 17.2. The molecule has 8 nitrogen and oxygen atoms in total. The number of nitrogens with zero attached hydrogens (tertiary/aromatic N) is 1. The van der Waals surface area contributed by atoms with Crippen LogP contribution >= 0.6 is 23.2 Å². The van der Waals surface area contributed by atoms with Crippen LogP contribution in [0.25, 0.3) is 0 Å². The number of carbonyl (C=O) groups is 4. The molecule has 182 valence electrons. The lowest BCUT2D eigenvalue weighted by Gasteiger charge is -2.16. The zero-order chi connectivity index (χ0) is 26.0. The van der Waals surface area contributed by atoms with Crippen molar-refractivity contribution in [2.24, 2.45) is 0 Å². The van der Waals surface area contributed by atoms with Crippen molar-refractivity contribution in [3.05, 3.63) is 99.2 Å². The van der Waals surface area contributed by atoms with Crippen LogP contribution in [0.2, 0.25) is 5.02 Å². The van der Waals surface area contributed by atoms with Crippen LogP contribution in [0.15, 0.2) is 77.5 Å². The first-order valence-electron chi connectivity index (χ1n) is 10.6. The van der Waals surface area contributed by atoms with Gasteiger partial charge in [-0.1, -0.05) is 41.4 Å². The van der Waals surface area contributed by atoms with Crippen molar-refractivity contribution >= 4 is 64.0 Å². The Bertz CT molecular complexity index is 1450. The zero-order valence-corrected chi connectivity index (χ0v) is 20.6. The fourth-order valence-electron chi connectivity index (χ4n) is 3.54. The Morgan fingerprint density at radius 1 is 0.889 bits per heavy atom. The van der Waals surface area contributed by atoms with Gasteiger partial charge in [0.1, 0.15) is 10.7 Å². The maximum atomic E-state index is 13.1. The molecule has 0 aliphatic carbocycles. The summed E-state index contributed by atoms with van der Waals surface area (Å²) in [6.07, 6.45) is 0. The van der Waals surface area contributed by atoms with Crippen molar-refractivity contribution in [2.45, 2.75) is 6.92 Å². The van der Waals surface area contributed by atoms with Crippen LogP contribution in [-0.2, 0) is 14.3 Å². The Hall–Kier alpha value is -4.14. The van der Waals surface area contributed by atoms with Gasteiger partial charge in [0.25, 0.3) is 17.7 Å². The minimum absolute atomic E-state index is 0.118. The van der Waals surface area contributed by atoms with Crippen molar-refractivity contribution in [1.82, 2.24) is 0 Å². The van der Waals surface area contributed by atoms with Gasteiger partial charge in [0.2, 0.25) is 0 Å². The number of ether oxygens (including phenoxy) is 1. The van der Waals surface area contributed by atoms with E-state index in [1.54, 1.807) is 55.5 Å². The Morgan fingerprint density at radius 2 is 1.64 bits per heavy atom. The first-order valence-corrected chi connectivity index (χ1v) is 11.4. The molecule has 0 atom stereocenters. The summed E-state index contributed by atoms with van der Waals surface area (Å²) in [7, 11) is 1.27. The Morgan fingerprint density at radius 3 is 2.36 bits per heavy atom. The molecule has 10 heteroatoms. The number of hydrogen-bond donors (Lipinski definition) is 2. The summed E-state index contributed by atoms with van der Waals surface area (Å²) < 4.78 is 4.70. The van der Waals surface area contributed by atoms with E-state index >= 15 is 0 Å². The number of esters is 1. The molecule has 1 heterocycles. The van der Waals surface area contributed by atoms with Crippen LogP contribution in [-0.4, -0.2) is 30.8 Å². The monoisotopic (exact) mass is 523 g/mol. The molecular weight excluding hydrogens is 505 g/mol. The van der Waals surface area contributed by atoms with Crippen molar-refractivity contribution in [3.8, 4) is 0 Å². The summed E-state index contributed by atoms with van der Waals surface area (Å²) in [6.45, 7) is 1.77. The number of hydrogen-bond acceptors (Lipinski definition) is 6. The third-order valence-corrected chi connectivity index (χ3v) is 5.98. The van der Waals surface area contributed by atoms with Crippen LogP contribution in [0.5, 0.6) is 0 Å². The van der Waals surface area contributed by atoms with Gasteiger partial charge in [-0.3, -0.25) is 14.4 Å². The molecule has 3 amide bonds. The Kier molecular flexibility index (Phi) is 7.10. The highest BCUT2D eigenvalue weighted by molar-refractivity contribution is 6.53. The number of carbonyl (C=O) groups excluding carboxylic acids is 4. The molecule has 0 aromatic heterocycles. The summed E-state index contributed by atoms with van der Waals surface area (Å²) >= 11 is 12.2. The van der Waals surface area contributed by atoms with Gasteiger partial charge in [0.05, 0.1) is 18.4 Å². The SMILES string of the molecule is COC(=O)c1cccc(NC(=O)c2ccc(C)c(NC3=C(Cl)C(=O)N(c4cccc(Cl)c4)C3=O)c2)c1. The number of nitrogens with one attached hydrogen (secondary N) is 2. The van der Waals surface area contributed by atoms with Gasteiger partial charge in [0, 0.05) is 22.0 Å². The maximum absolute atomic E-state index is 13.1. The van der Waals surface area contributed by atoms with Crippen molar-refractivity contribution in [1.29, 1.82) is 0 Å². The third kappa shape index (κ3) is 4.95. The van der Waals surface area contributed by atoms with Crippen LogP contribution < -0.4 is 15.5 Å². The summed E-state index contributed by atoms with van der Waals surface area (Å²) in [5.74, 6) is -2.32. The second-order valence-corrected chi connectivity index (χ2v) is 8.61. The van der Waals surface area contributed by atoms with Gasteiger partial charge in [-0.2, -0.15) is 0 Å². The number of methoxy groups -OCH3 is 1. The van der Waals surface area contributed by atoms with Crippen LogP contribution in [0.4, 0.5) is 17.1 Å². The Labute approximate surface area is 216 Å². The smallest absolute Gasteiger partial charge is 0.337 e. The molecule has 0 fully saturated rings. The van der Waals surface area contributed by atoms with E-state index in [1.807, 2.05) is 0 Å². The number of halogens is 2. The molecule has 0 bridgehead atoms. The molecule has 0 radical (unpaired) electrons. The normalized spacial score (nSPS) is 13.2. The van der Waals surface area contributed by atoms with E-state index in [-0.39, 0.29) is 27.5 Å². The molecule has 1 aliphatic heterocycles. The summed E-state index contributed by atoms with van der Waals surface area (Å²) in [5, 5.41) is 5.70. The topological polar surface area (TPSA) is 105 Å². The fourth-order valence-corrected chi connectivity index (χ4v) is 3.94. The molecule has 3 aromatic rings. The van der Waals surface area contributed by atoms with E-state index in [2.05, 4.69) is 10.6 Å². The molecule has 36 heavy (non-hydrogen) atoms. The average molecular weight is 524 g/mol. The van der Waals surface area contributed by atoms with E-state index < -0.39 is 23.7 Å². The van der Waals surface area contributed by atoms with Gasteiger partial charge in [-0.25, -0.2) is 9.69 Å². The number of rotatable bonds is 6. The summed E-state index contributed by atoms with van der Waals surface area (Å²) in [4.78, 5) is 51.4. The minimum atomic E-state index is -0.691. The molecule has 2 N–H and O–H groups in total. The second kappa shape index (κ2) is 10.2. The van der Waals surface area contributed by atoms with E-state index in [0.29, 0.717) is 22.0 Å². The van der Waals surface area contributed by atoms with Gasteiger partial charge in [-0.05, 0) is 61.0 Å². The van der Waals surface area contributed by atoms with Gasteiger partial charge in [-0.15, -0.1) is 0 Å². The predicted octanol–water partition coefficient (Wildman–Crippen LogP) is 5.12.